The fourth-order valence-electron chi connectivity index (χ4n) is 1.58. The number of aromatic hydroxyl groups is 1. The quantitative estimate of drug-likeness (QED) is 0.885. The summed E-state index contributed by atoms with van der Waals surface area (Å²) in [4.78, 5) is 11.4. The van der Waals surface area contributed by atoms with E-state index < -0.39 is 0 Å². The summed E-state index contributed by atoms with van der Waals surface area (Å²) in [5.41, 5.74) is 1.57. The van der Waals surface area contributed by atoms with Crippen LogP contribution in [0.3, 0.4) is 0 Å². The van der Waals surface area contributed by atoms with Gasteiger partial charge < -0.3 is 5.11 Å². The molecule has 0 fully saturated rings. The van der Waals surface area contributed by atoms with Gasteiger partial charge in [0.25, 0.3) is 0 Å². The van der Waals surface area contributed by atoms with E-state index in [1.807, 2.05) is 30.3 Å². The van der Waals surface area contributed by atoms with Crippen molar-refractivity contribution < 1.29 is 5.11 Å². The molecule has 0 saturated carbocycles. The van der Waals surface area contributed by atoms with Crippen LogP contribution in [0, 0.1) is 0 Å². The van der Waals surface area contributed by atoms with Crippen LogP contribution in [0.1, 0.15) is 11.1 Å². The average Bonchev–Trinajstić information content (AvgIpc) is 2.45. The number of hydrogen-bond donors (Lipinski definition) is 1. The largest absolute Gasteiger partial charge is 0.504 e. The van der Waals surface area contributed by atoms with Crippen LogP contribution in [0.4, 0.5) is 0 Å². The van der Waals surface area contributed by atoms with E-state index in [2.05, 4.69) is 0 Å². The highest BCUT2D eigenvalue weighted by Crippen LogP contribution is 2.13. The van der Waals surface area contributed by atoms with Gasteiger partial charge in [0.1, 0.15) is 0 Å². The lowest BCUT2D eigenvalue weighted by Gasteiger charge is -1.99. The lowest BCUT2D eigenvalue weighted by Crippen LogP contribution is -1.96. The minimum atomic E-state index is -0.362. The summed E-state index contributed by atoms with van der Waals surface area (Å²) >= 11 is 5.80. The van der Waals surface area contributed by atoms with Gasteiger partial charge in [-0.25, -0.2) is 0 Å². The molecule has 2 aromatic carbocycles. The van der Waals surface area contributed by atoms with E-state index in [1.54, 1.807) is 6.07 Å². The van der Waals surface area contributed by atoms with Crippen LogP contribution in [0.25, 0.3) is 0 Å². The van der Waals surface area contributed by atoms with Gasteiger partial charge in [-0.1, -0.05) is 35.9 Å². The molecule has 3 heteroatoms. The van der Waals surface area contributed by atoms with Gasteiger partial charge in [0.2, 0.25) is 5.43 Å². The number of halogens is 1. The van der Waals surface area contributed by atoms with Crippen LogP contribution in [0.2, 0.25) is 5.02 Å². The molecule has 2 nitrogen and oxygen atoms in total. The molecule has 86 valence electrons. The molecule has 17 heavy (non-hydrogen) atoms. The fourth-order valence-corrected chi connectivity index (χ4v) is 1.71. The molecule has 0 atom stereocenters. The molecule has 0 heterocycles. The molecular formula is C14H11ClO2. The Kier molecular flexibility index (Phi) is 3.45. The molecule has 0 saturated heterocycles. The van der Waals surface area contributed by atoms with Gasteiger partial charge >= 0.3 is 0 Å². The maximum atomic E-state index is 11.4. The maximum Gasteiger partial charge on any atom is 0.220 e. The summed E-state index contributed by atoms with van der Waals surface area (Å²) < 4.78 is 0. The molecule has 0 amide bonds. The van der Waals surface area contributed by atoms with Crippen LogP contribution in [-0.4, -0.2) is 5.11 Å². The Hall–Kier alpha value is -1.80. The Morgan fingerprint density at radius 2 is 1.71 bits per heavy atom. The molecule has 0 unspecified atom stereocenters. The predicted molar refractivity (Wildman–Crippen MR) is 68.6 cm³/mol. The zero-order valence-corrected chi connectivity index (χ0v) is 9.82. The molecule has 0 bridgehead atoms. The molecule has 2 rings (SSSR count). The van der Waals surface area contributed by atoms with Crippen molar-refractivity contribution in [3.8, 4) is 5.75 Å². The zero-order valence-electron chi connectivity index (χ0n) is 9.06. The van der Waals surface area contributed by atoms with Crippen molar-refractivity contribution in [2.75, 3.05) is 0 Å². The first kappa shape index (κ1) is 11.7. The van der Waals surface area contributed by atoms with Gasteiger partial charge in [0.05, 0.1) is 0 Å². The Bertz CT molecular complexity index is 576. The van der Waals surface area contributed by atoms with Crippen LogP contribution in [0.15, 0.2) is 53.3 Å². The van der Waals surface area contributed by atoms with Crippen LogP contribution in [0.5, 0.6) is 5.75 Å². The summed E-state index contributed by atoms with van der Waals surface area (Å²) in [5, 5.41) is 9.97. The van der Waals surface area contributed by atoms with Gasteiger partial charge in [0, 0.05) is 5.02 Å². The normalized spacial score (nSPS) is 10.2. The smallest absolute Gasteiger partial charge is 0.220 e. The van der Waals surface area contributed by atoms with E-state index in [0.29, 0.717) is 11.4 Å². The second-order valence-electron chi connectivity index (χ2n) is 3.80. The lowest BCUT2D eigenvalue weighted by atomic mass is 10.1. The van der Waals surface area contributed by atoms with Gasteiger partial charge in [0.15, 0.2) is 5.75 Å². The Balaban J connectivity index is 2.31. The fraction of sp³-hybridized carbons (Fsp3) is 0.0714. The first-order valence-corrected chi connectivity index (χ1v) is 5.59. The van der Waals surface area contributed by atoms with Crippen molar-refractivity contribution in [1.82, 2.24) is 0 Å². The monoisotopic (exact) mass is 246 g/mol. The number of hydrogen-bond acceptors (Lipinski definition) is 2. The lowest BCUT2D eigenvalue weighted by molar-refractivity contribution is 0.471. The van der Waals surface area contributed by atoms with Crippen LogP contribution >= 0.6 is 11.6 Å². The Morgan fingerprint density at radius 3 is 2.41 bits per heavy atom. The minimum Gasteiger partial charge on any atom is -0.504 e. The minimum absolute atomic E-state index is 0.229. The van der Waals surface area contributed by atoms with Gasteiger partial charge in [-0.2, -0.15) is 0 Å². The van der Waals surface area contributed by atoms with Gasteiger partial charge in [-0.05, 0) is 41.8 Å². The number of rotatable bonds is 2. The molecule has 0 aliphatic carbocycles. The topological polar surface area (TPSA) is 37.3 Å². The molecule has 0 radical (unpaired) electrons. The highest BCUT2D eigenvalue weighted by Gasteiger charge is 1.98. The standard InChI is InChI=1S/C14H11ClO2/c15-12-6-4-10(5-7-12)8-11-2-1-3-13(16)14(17)9-11/h1-7,9H,8H2,(H,16,17). The highest BCUT2D eigenvalue weighted by molar-refractivity contribution is 6.30. The molecule has 0 aromatic heterocycles. The van der Waals surface area contributed by atoms with Gasteiger partial charge in [-0.15, -0.1) is 0 Å². The summed E-state index contributed by atoms with van der Waals surface area (Å²) in [6, 6.07) is 13.8. The molecule has 2 aromatic rings. The third kappa shape index (κ3) is 3.08. The summed E-state index contributed by atoms with van der Waals surface area (Å²) in [6.07, 6.45) is 0.639. The van der Waals surface area contributed by atoms with Crippen LogP contribution in [-0.2, 0) is 6.42 Å². The van der Waals surface area contributed by atoms with E-state index in [0.717, 1.165) is 11.1 Å². The third-order valence-electron chi connectivity index (χ3n) is 2.45. The van der Waals surface area contributed by atoms with Crippen molar-refractivity contribution in [2.45, 2.75) is 6.42 Å². The van der Waals surface area contributed by atoms with E-state index in [-0.39, 0.29) is 11.2 Å². The third-order valence-corrected chi connectivity index (χ3v) is 2.71. The van der Waals surface area contributed by atoms with Crippen LogP contribution < -0.4 is 5.43 Å². The molecule has 0 aliphatic heterocycles. The molecular weight excluding hydrogens is 236 g/mol. The van der Waals surface area contributed by atoms with Crippen molar-refractivity contribution in [2.24, 2.45) is 0 Å². The first-order chi connectivity index (χ1) is 8.15. The van der Waals surface area contributed by atoms with Crippen molar-refractivity contribution >= 4 is 11.6 Å². The van der Waals surface area contributed by atoms with Crippen molar-refractivity contribution in [3.63, 3.8) is 0 Å². The second-order valence-corrected chi connectivity index (χ2v) is 4.23. The van der Waals surface area contributed by atoms with Gasteiger partial charge in [-0.3, -0.25) is 4.79 Å². The molecule has 0 spiro atoms. The number of benzene rings is 1. The maximum absolute atomic E-state index is 11.4. The van der Waals surface area contributed by atoms with E-state index in [9.17, 15) is 9.90 Å². The van der Waals surface area contributed by atoms with Crippen molar-refractivity contribution in [3.05, 3.63) is 74.9 Å². The van der Waals surface area contributed by atoms with E-state index in [4.69, 9.17) is 11.6 Å². The van der Waals surface area contributed by atoms with E-state index >= 15 is 0 Å². The Labute approximate surface area is 104 Å². The zero-order chi connectivity index (χ0) is 12.3. The summed E-state index contributed by atoms with van der Waals surface area (Å²) in [6.45, 7) is 0. The SMILES string of the molecule is O=c1cc(Cc2ccc(Cl)cc2)cccc1O. The Morgan fingerprint density at radius 1 is 1.00 bits per heavy atom. The summed E-state index contributed by atoms with van der Waals surface area (Å²) in [7, 11) is 0. The predicted octanol–water partition coefficient (Wildman–Crippen LogP) is 3.00. The molecule has 1 N–H and O–H groups in total. The highest BCUT2D eigenvalue weighted by atomic mass is 35.5. The van der Waals surface area contributed by atoms with Crippen molar-refractivity contribution in [1.29, 1.82) is 0 Å². The molecule has 0 aliphatic rings. The first-order valence-electron chi connectivity index (χ1n) is 5.22. The average molecular weight is 247 g/mol. The van der Waals surface area contributed by atoms with E-state index in [1.165, 1.54) is 12.1 Å². The summed E-state index contributed by atoms with van der Waals surface area (Å²) in [5.74, 6) is -0.229. The second kappa shape index (κ2) is 5.02.